The molecule has 0 atom stereocenters. The van der Waals surface area contributed by atoms with E-state index in [0.29, 0.717) is 17.1 Å². The molecule has 0 saturated heterocycles. The molecule has 6 nitrogen and oxygen atoms in total. The highest BCUT2D eigenvalue weighted by Crippen LogP contribution is 2.25. The van der Waals surface area contributed by atoms with Crippen LogP contribution in [0.5, 0.6) is 5.75 Å². The van der Waals surface area contributed by atoms with Crippen molar-refractivity contribution in [1.29, 1.82) is 0 Å². The van der Waals surface area contributed by atoms with Gasteiger partial charge in [-0.1, -0.05) is 0 Å². The molecule has 1 aromatic heterocycles. The van der Waals surface area contributed by atoms with Crippen LogP contribution >= 0.6 is 11.8 Å². The quantitative estimate of drug-likeness (QED) is 0.758. The monoisotopic (exact) mass is 334 g/mol. The minimum atomic E-state index is -0.359. The molecule has 2 aromatic rings. The summed E-state index contributed by atoms with van der Waals surface area (Å²) < 4.78 is 10.3. The van der Waals surface area contributed by atoms with Gasteiger partial charge in [-0.25, -0.2) is 0 Å². The van der Waals surface area contributed by atoms with Gasteiger partial charge in [-0.3, -0.25) is 9.59 Å². The van der Waals surface area contributed by atoms with Gasteiger partial charge in [0.05, 0.1) is 32.0 Å². The highest BCUT2D eigenvalue weighted by atomic mass is 32.2. The van der Waals surface area contributed by atoms with Gasteiger partial charge in [-0.15, -0.1) is 11.8 Å². The van der Waals surface area contributed by atoms with Gasteiger partial charge < -0.3 is 19.8 Å². The number of hydrogen-bond donors (Lipinski definition) is 2. The van der Waals surface area contributed by atoms with E-state index in [4.69, 9.17) is 9.15 Å². The third kappa shape index (κ3) is 4.79. The zero-order chi connectivity index (χ0) is 16.7. The highest BCUT2D eigenvalue weighted by Gasteiger charge is 2.14. The summed E-state index contributed by atoms with van der Waals surface area (Å²) in [6.45, 7) is 0.167. The van der Waals surface area contributed by atoms with E-state index in [-0.39, 0.29) is 24.9 Å². The minimum Gasteiger partial charge on any atom is -0.496 e. The maximum absolute atomic E-state index is 12.2. The summed E-state index contributed by atoms with van der Waals surface area (Å²) in [7, 11) is 1.51. The number of furan rings is 1. The molecule has 0 unspecified atom stereocenters. The molecule has 2 N–H and O–H groups in total. The molecule has 7 heteroatoms. The maximum atomic E-state index is 12.2. The lowest BCUT2D eigenvalue weighted by Gasteiger charge is -2.10. The van der Waals surface area contributed by atoms with Crippen LogP contribution in [0.3, 0.4) is 0 Å². The number of ether oxygens (including phenoxy) is 1. The molecule has 1 heterocycles. The summed E-state index contributed by atoms with van der Waals surface area (Å²) in [5, 5.41) is 5.23. The molecule has 0 spiro atoms. The molecule has 122 valence electrons. The number of carbonyl (C=O) groups is 2. The lowest BCUT2D eigenvalue weighted by Crippen LogP contribution is -2.36. The summed E-state index contributed by atoms with van der Waals surface area (Å²) in [6, 6.07) is 8.81. The molecule has 1 aromatic carbocycles. The number of benzene rings is 1. The molecule has 23 heavy (non-hydrogen) atoms. The fourth-order valence-electron chi connectivity index (χ4n) is 1.90. The molecule has 0 aliphatic rings. The second kappa shape index (κ2) is 8.28. The van der Waals surface area contributed by atoms with Crippen LogP contribution in [0.1, 0.15) is 16.1 Å². The molecule has 2 rings (SSSR count). The largest absolute Gasteiger partial charge is 0.496 e. The van der Waals surface area contributed by atoms with E-state index in [0.717, 1.165) is 4.90 Å². The van der Waals surface area contributed by atoms with E-state index >= 15 is 0 Å². The van der Waals surface area contributed by atoms with Crippen LogP contribution in [-0.2, 0) is 11.3 Å². The lowest BCUT2D eigenvalue weighted by molar-refractivity contribution is -0.120. The van der Waals surface area contributed by atoms with E-state index in [9.17, 15) is 9.59 Å². The standard InChI is InChI=1S/C16H18N2O4S/c1-21-14-8-12(23-2)5-6-13(14)16(20)18-10-15(19)17-9-11-4-3-7-22-11/h3-8H,9-10H2,1-2H3,(H,17,19)(H,18,20). The molecular formula is C16H18N2O4S. The van der Waals surface area contributed by atoms with Gasteiger partial charge in [0.1, 0.15) is 11.5 Å². The first-order valence-electron chi connectivity index (χ1n) is 6.93. The average molecular weight is 334 g/mol. The Kier molecular flexibility index (Phi) is 6.10. The Hall–Kier alpha value is -2.41. The molecule has 0 fully saturated rings. The molecule has 0 radical (unpaired) electrons. The predicted molar refractivity (Wildman–Crippen MR) is 87.7 cm³/mol. The van der Waals surface area contributed by atoms with Crippen LogP contribution in [0.25, 0.3) is 0 Å². The van der Waals surface area contributed by atoms with E-state index < -0.39 is 0 Å². The maximum Gasteiger partial charge on any atom is 0.255 e. The van der Waals surface area contributed by atoms with E-state index in [1.54, 1.807) is 36.0 Å². The topological polar surface area (TPSA) is 80.6 Å². The number of methoxy groups -OCH3 is 1. The predicted octanol–water partition coefficient (Wildman–Crippen LogP) is 2.06. The molecule has 0 saturated carbocycles. The summed E-state index contributed by atoms with van der Waals surface area (Å²) in [4.78, 5) is 24.9. The summed E-state index contributed by atoms with van der Waals surface area (Å²) >= 11 is 1.56. The summed E-state index contributed by atoms with van der Waals surface area (Å²) in [5.74, 6) is 0.474. The Morgan fingerprint density at radius 3 is 2.74 bits per heavy atom. The average Bonchev–Trinajstić information content (AvgIpc) is 3.10. The van der Waals surface area contributed by atoms with Crippen LogP contribution in [0.2, 0.25) is 0 Å². The van der Waals surface area contributed by atoms with Gasteiger partial charge in [-0.2, -0.15) is 0 Å². The van der Waals surface area contributed by atoms with Crippen molar-refractivity contribution in [2.24, 2.45) is 0 Å². The second-order valence-corrected chi connectivity index (χ2v) is 5.48. The number of nitrogens with one attached hydrogen (secondary N) is 2. The number of thioether (sulfide) groups is 1. The highest BCUT2D eigenvalue weighted by molar-refractivity contribution is 7.98. The molecule has 0 bridgehead atoms. The normalized spacial score (nSPS) is 10.2. The third-order valence-electron chi connectivity index (χ3n) is 3.10. The Morgan fingerprint density at radius 1 is 1.26 bits per heavy atom. The second-order valence-electron chi connectivity index (χ2n) is 4.60. The van der Waals surface area contributed by atoms with Crippen LogP contribution < -0.4 is 15.4 Å². The lowest BCUT2D eigenvalue weighted by atomic mass is 10.2. The SMILES string of the molecule is COc1cc(SC)ccc1C(=O)NCC(=O)NCc1ccco1. The summed E-state index contributed by atoms with van der Waals surface area (Å²) in [6.07, 6.45) is 3.48. The van der Waals surface area contributed by atoms with E-state index in [2.05, 4.69) is 10.6 Å². The molecule has 2 amide bonds. The van der Waals surface area contributed by atoms with Crippen molar-refractivity contribution in [2.75, 3.05) is 19.9 Å². The van der Waals surface area contributed by atoms with Gasteiger partial charge in [0.2, 0.25) is 5.91 Å². The fourth-order valence-corrected chi connectivity index (χ4v) is 2.33. The van der Waals surface area contributed by atoms with Crippen LogP contribution in [0, 0.1) is 0 Å². The number of rotatable bonds is 7. The van der Waals surface area contributed by atoms with Crippen LogP contribution in [0.15, 0.2) is 45.9 Å². The van der Waals surface area contributed by atoms with Gasteiger partial charge in [0, 0.05) is 4.90 Å². The third-order valence-corrected chi connectivity index (χ3v) is 3.83. The van der Waals surface area contributed by atoms with Gasteiger partial charge in [-0.05, 0) is 36.6 Å². The van der Waals surface area contributed by atoms with Crippen molar-refractivity contribution in [3.63, 3.8) is 0 Å². The minimum absolute atomic E-state index is 0.118. The summed E-state index contributed by atoms with van der Waals surface area (Å²) in [5.41, 5.74) is 0.393. The van der Waals surface area contributed by atoms with Gasteiger partial charge >= 0.3 is 0 Å². The Morgan fingerprint density at radius 2 is 2.09 bits per heavy atom. The van der Waals surface area contributed by atoms with Crippen molar-refractivity contribution in [2.45, 2.75) is 11.4 Å². The Labute approximate surface area is 138 Å². The smallest absolute Gasteiger partial charge is 0.255 e. The first kappa shape index (κ1) is 17.0. The van der Waals surface area contributed by atoms with E-state index in [1.807, 2.05) is 12.3 Å². The van der Waals surface area contributed by atoms with Gasteiger partial charge in [0.25, 0.3) is 5.91 Å². The van der Waals surface area contributed by atoms with E-state index in [1.165, 1.54) is 13.4 Å². The zero-order valence-electron chi connectivity index (χ0n) is 12.9. The van der Waals surface area contributed by atoms with Crippen molar-refractivity contribution >= 4 is 23.6 Å². The first-order valence-corrected chi connectivity index (χ1v) is 8.16. The number of hydrogen-bond acceptors (Lipinski definition) is 5. The van der Waals surface area contributed by atoms with Gasteiger partial charge in [0.15, 0.2) is 0 Å². The molecule has 0 aliphatic carbocycles. The molecular weight excluding hydrogens is 316 g/mol. The first-order chi connectivity index (χ1) is 11.1. The van der Waals surface area contributed by atoms with Crippen LogP contribution in [0.4, 0.5) is 0 Å². The number of amides is 2. The van der Waals surface area contributed by atoms with Crippen molar-refractivity contribution in [3.05, 3.63) is 47.9 Å². The van der Waals surface area contributed by atoms with Crippen molar-refractivity contribution in [1.82, 2.24) is 10.6 Å². The molecule has 0 aliphatic heterocycles. The van der Waals surface area contributed by atoms with Crippen molar-refractivity contribution < 1.29 is 18.7 Å². The number of carbonyl (C=O) groups excluding carboxylic acids is 2. The fraction of sp³-hybridized carbons (Fsp3) is 0.250. The van der Waals surface area contributed by atoms with Crippen LogP contribution in [-0.4, -0.2) is 31.7 Å². The van der Waals surface area contributed by atoms with Crippen molar-refractivity contribution in [3.8, 4) is 5.75 Å². The Bertz CT molecular complexity index is 671. The zero-order valence-corrected chi connectivity index (χ0v) is 13.7. The Balaban J connectivity index is 1.87.